The van der Waals surface area contributed by atoms with Crippen molar-refractivity contribution in [1.29, 1.82) is 0 Å². The second-order valence-electron chi connectivity index (χ2n) is 4.90. The Bertz CT molecular complexity index is 521. The Hall–Kier alpha value is -1.25. The van der Waals surface area contributed by atoms with E-state index >= 15 is 0 Å². The third-order valence-corrected chi connectivity index (χ3v) is 3.76. The molecule has 8 heteroatoms. The first kappa shape index (κ1) is 15.1. The molecule has 2 atom stereocenters. The fourth-order valence-electron chi connectivity index (χ4n) is 2.30. The number of hydrogen-bond acceptors (Lipinski definition) is 7. The van der Waals surface area contributed by atoms with Crippen molar-refractivity contribution in [2.45, 2.75) is 56.6 Å². The van der Waals surface area contributed by atoms with E-state index in [2.05, 4.69) is 41.9 Å². The van der Waals surface area contributed by atoms with Gasteiger partial charge in [0.05, 0.1) is 12.1 Å². The lowest BCUT2D eigenvalue weighted by molar-refractivity contribution is -0.145. The Morgan fingerprint density at radius 2 is 2.35 bits per heavy atom. The Kier molecular flexibility index (Phi) is 4.90. The van der Waals surface area contributed by atoms with Crippen LogP contribution in [-0.2, 0) is 4.84 Å². The summed E-state index contributed by atoms with van der Waals surface area (Å²) in [5.74, 6) is 0.359. The molecular formula is C12H21N5O2S. The predicted molar refractivity (Wildman–Crippen MR) is 80.5 cm³/mol. The third kappa shape index (κ3) is 3.25. The average Bonchev–Trinajstić information content (AvgIpc) is 2.78. The van der Waals surface area contributed by atoms with Gasteiger partial charge in [-0.25, -0.2) is 0 Å². The van der Waals surface area contributed by atoms with Crippen molar-refractivity contribution in [3.05, 3.63) is 10.4 Å². The number of anilines is 2. The molecule has 1 aliphatic heterocycles. The number of nitrogens with one attached hydrogen (secondary N) is 2. The molecule has 0 aliphatic carbocycles. The number of aromatic nitrogens is 2. The number of nitrogens with zero attached hydrogens (tertiary/aromatic N) is 2. The molecule has 1 saturated heterocycles. The van der Waals surface area contributed by atoms with E-state index < -0.39 is 0 Å². The molecule has 1 aliphatic rings. The number of hydrazine groups is 1. The number of hydroxylamine groups is 1. The zero-order valence-electron chi connectivity index (χ0n) is 11.7. The average molecular weight is 299 g/mol. The molecule has 7 nitrogen and oxygen atoms in total. The molecule has 0 bridgehead atoms. The fraction of sp³-hybridized carbons (Fsp3) is 0.667. The normalized spacial score (nSPS) is 23.1. The Balaban J connectivity index is 2.14. The molecule has 0 amide bonds. The first-order valence-corrected chi connectivity index (χ1v) is 7.31. The highest BCUT2D eigenvalue weighted by Crippen LogP contribution is 2.27. The number of nitrogens with two attached hydrogens (primary N) is 1. The Morgan fingerprint density at radius 3 is 3.00 bits per heavy atom. The van der Waals surface area contributed by atoms with Crippen LogP contribution in [0.25, 0.3) is 0 Å². The first-order valence-electron chi connectivity index (χ1n) is 6.86. The van der Waals surface area contributed by atoms with Gasteiger partial charge in [-0.3, -0.25) is 20.0 Å². The highest BCUT2D eigenvalue weighted by molar-refractivity contribution is 7.80. The van der Waals surface area contributed by atoms with Crippen molar-refractivity contribution >= 4 is 24.4 Å². The zero-order chi connectivity index (χ0) is 14.7. The number of nitrogen functional groups attached to an aromatic ring is 1. The predicted octanol–water partition coefficient (Wildman–Crippen LogP) is 1.55. The van der Waals surface area contributed by atoms with Crippen LogP contribution in [0.15, 0.2) is 9.69 Å². The van der Waals surface area contributed by atoms with Gasteiger partial charge in [-0.2, -0.15) is 4.98 Å². The molecule has 0 spiro atoms. The highest BCUT2D eigenvalue weighted by Gasteiger charge is 2.32. The Labute approximate surface area is 123 Å². The molecule has 1 fully saturated rings. The maximum atomic E-state index is 11.6. The second-order valence-corrected chi connectivity index (χ2v) is 5.35. The third-order valence-electron chi connectivity index (χ3n) is 3.34. The number of hydrogen-bond donors (Lipinski definition) is 4. The van der Waals surface area contributed by atoms with Crippen molar-refractivity contribution in [1.82, 2.24) is 15.1 Å². The van der Waals surface area contributed by atoms with Crippen LogP contribution in [0.5, 0.6) is 0 Å². The van der Waals surface area contributed by atoms with E-state index in [1.807, 2.05) is 0 Å². The van der Waals surface area contributed by atoms with Gasteiger partial charge in [-0.1, -0.05) is 25.4 Å². The van der Waals surface area contributed by atoms with Gasteiger partial charge in [0.25, 0.3) is 5.56 Å². The summed E-state index contributed by atoms with van der Waals surface area (Å²) >= 11 is 4.15. The molecule has 0 saturated carbocycles. The molecule has 2 heterocycles. The van der Waals surface area contributed by atoms with Gasteiger partial charge in [0, 0.05) is 0 Å². The molecule has 2 unspecified atom stereocenters. The number of aromatic amines is 1. The number of thiol groups is 1. The fourth-order valence-corrected chi connectivity index (χ4v) is 2.45. The molecule has 1 aromatic rings. The van der Waals surface area contributed by atoms with Crippen molar-refractivity contribution in [3.8, 4) is 0 Å². The van der Waals surface area contributed by atoms with E-state index in [-0.39, 0.29) is 28.5 Å². The quantitative estimate of drug-likeness (QED) is 0.616. The summed E-state index contributed by atoms with van der Waals surface area (Å²) in [6.07, 6.45) is 4.17. The van der Waals surface area contributed by atoms with E-state index in [0.29, 0.717) is 5.82 Å². The van der Waals surface area contributed by atoms with Gasteiger partial charge in [0.2, 0.25) is 5.95 Å². The topological polar surface area (TPSA) is 96.3 Å². The maximum absolute atomic E-state index is 11.6. The minimum Gasteiger partial charge on any atom is -0.369 e. The van der Waals surface area contributed by atoms with Crippen LogP contribution in [0.3, 0.4) is 0 Å². The van der Waals surface area contributed by atoms with Crippen LogP contribution in [0.4, 0.5) is 11.8 Å². The summed E-state index contributed by atoms with van der Waals surface area (Å²) in [6.45, 7) is 4.23. The lowest BCUT2D eigenvalue weighted by atomic mass is 10.1. The lowest BCUT2D eigenvalue weighted by Crippen LogP contribution is -2.35. The standard InChI is InChI=1S/C12H21N5O2S/c1-3-5-8-6-7(4-2)17(19-8)16-10-9(20)11(18)15-12(13)14-10/h7-8,20H,3-6H2,1-2H3,(H4,13,14,15,16,18). The summed E-state index contributed by atoms with van der Waals surface area (Å²) in [4.78, 5) is 24.1. The summed E-state index contributed by atoms with van der Waals surface area (Å²) in [5, 5.41) is 1.67. The van der Waals surface area contributed by atoms with Gasteiger partial charge < -0.3 is 5.73 Å². The molecular weight excluding hydrogens is 278 g/mol. The first-order chi connectivity index (χ1) is 9.55. The summed E-state index contributed by atoms with van der Waals surface area (Å²) in [6, 6.07) is 0.238. The van der Waals surface area contributed by atoms with Crippen molar-refractivity contribution < 1.29 is 4.84 Å². The Morgan fingerprint density at radius 1 is 1.60 bits per heavy atom. The molecule has 4 N–H and O–H groups in total. The molecule has 2 rings (SSSR count). The summed E-state index contributed by atoms with van der Waals surface area (Å²) in [7, 11) is 0. The number of rotatable bonds is 5. The van der Waals surface area contributed by atoms with Crippen LogP contribution >= 0.6 is 12.6 Å². The lowest BCUT2D eigenvalue weighted by Gasteiger charge is -2.23. The second kappa shape index (κ2) is 6.47. The molecule has 112 valence electrons. The van der Waals surface area contributed by atoms with Gasteiger partial charge in [0.1, 0.15) is 4.90 Å². The SMILES string of the molecule is CCCC1CC(CC)N(Nc2nc(N)[nH]c(=O)c2S)O1. The van der Waals surface area contributed by atoms with Crippen LogP contribution in [0, 0.1) is 0 Å². The van der Waals surface area contributed by atoms with Crippen LogP contribution in [0.2, 0.25) is 0 Å². The van der Waals surface area contributed by atoms with Gasteiger partial charge >= 0.3 is 0 Å². The monoisotopic (exact) mass is 299 g/mol. The summed E-state index contributed by atoms with van der Waals surface area (Å²) in [5.41, 5.74) is 8.17. The van der Waals surface area contributed by atoms with Crippen LogP contribution in [0.1, 0.15) is 39.5 Å². The number of H-pyrrole nitrogens is 1. The van der Waals surface area contributed by atoms with Gasteiger partial charge in [0.15, 0.2) is 5.82 Å². The van der Waals surface area contributed by atoms with Crippen LogP contribution < -0.4 is 16.7 Å². The van der Waals surface area contributed by atoms with E-state index in [0.717, 1.165) is 25.7 Å². The maximum Gasteiger partial charge on any atom is 0.267 e. The largest absolute Gasteiger partial charge is 0.369 e. The van der Waals surface area contributed by atoms with E-state index in [4.69, 9.17) is 10.6 Å². The van der Waals surface area contributed by atoms with E-state index in [1.165, 1.54) is 0 Å². The van der Waals surface area contributed by atoms with E-state index in [1.54, 1.807) is 5.17 Å². The molecule has 1 aromatic heterocycles. The van der Waals surface area contributed by atoms with Crippen LogP contribution in [-0.4, -0.2) is 27.3 Å². The van der Waals surface area contributed by atoms with Gasteiger partial charge in [-0.05, 0) is 19.3 Å². The molecule has 20 heavy (non-hydrogen) atoms. The smallest absolute Gasteiger partial charge is 0.267 e. The van der Waals surface area contributed by atoms with Crippen molar-refractivity contribution in [2.24, 2.45) is 0 Å². The minimum atomic E-state index is -0.374. The molecule has 0 aromatic carbocycles. The van der Waals surface area contributed by atoms with Crippen molar-refractivity contribution in [2.75, 3.05) is 11.2 Å². The van der Waals surface area contributed by atoms with Crippen molar-refractivity contribution in [3.63, 3.8) is 0 Å². The molecule has 0 radical (unpaired) electrons. The van der Waals surface area contributed by atoms with Gasteiger partial charge in [-0.15, -0.1) is 12.6 Å². The zero-order valence-corrected chi connectivity index (χ0v) is 12.6. The minimum absolute atomic E-state index is 0.0488. The van der Waals surface area contributed by atoms with E-state index in [9.17, 15) is 4.79 Å². The summed E-state index contributed by atoms with van der Waals surface area (Å²) < 4.78 is 0. The highest BCUT2D eigenvalue weighted by atomic mass is 32.1.